The van der Waals surface area contributed by atoms with Gasteiger partial charge in [-0.2, -0.15) is 0 Å². The summed E-state index contributed by atoms with van der Waals surface area (Å²) < 4.78 is 11.2. The Morgan fingerprint density at radius 2 is 2.05 bits per heavy atom. The van der Waals surface area contributed by atoms with Gasteiger partial charge in [0.05, 0.1) is 18.7 Å². The van der Waals surface area contributed by atoms with Crippen LogP contribution in [0.5, 0.6) is 11.5 Å². The van der Waals surface area contributed by atoms with Gasteiger partial charge in [0.15, 0.2) is 11.5 Å². The molecule has 21 heavy (non-hydrogen) atoms. The summed E-state index contributed by atoms with van der Waals surface area (Å²) >= 11 is 6.31. The van der Waals surface area contributed by atoms with Gasteiger partial charge in [-0.3, -0.25) is 0 Å². The quantitative estimate of drug-likeness (QED) is 0.748. The largest absolute Gasteiger partial charge is 0.493 e. The molecule has 1 aliphatic heterocycles. The number of hydrogen-bond acceptors (Lipinski definition) is 4. The summed E-state index contributed by atoms with van der Waals surface area (Å²) in [5.74, 6) is 1.36. The van der Waals surface area contributed by atoms with Crippen LogP contribution in [-0.4, -0.2) is 45.3 Å². The summed E-state index contributed by atoms with van der Waals surface area (Å²) in [5, 5.41) is 3.72. The second kappa shape index (κ2) is 8.47. The molecular formula is C16H25ClN2O2. The molecule has 5 heteroatoms. The van der Waals surface area contributed by atoms with Gasteiger partial charge in [0.2, 0.25) is 0 Å². The molecule has 1 aromatic carbocycles. The van der Waals surface area contributed by atoms with Crippen LogP contribution in [0.4, 0.5) is 0 Å². The van der Waals surface area contributed by atoms with E-state index in [1.807, 2.05) is 19.2 Å². The molecule has 118 valence electrons. The van der Waals surface area contributed by atoms with E-state index in [1.165, 1.54) is 25.9 Å². The van der Waals surface area contributed by atoms with Gasteiger partial charge >= 0.3 is 0 Å². The molecule has 0 radical (unpaired) electrons. The molecule has 0 spiro atoms. The summed E-state index contributed by atoms with van der Waals surface area (Å²) in [6.45, 7) is 4.96. The monoisotopic (exact) mass is 312 g/mol. The molecule has 1 fully saturated rings. The Morgan fingerprint density at radius 3 is 2.71 bits per heavy atom. The van der Waals surface area contributed by atoms with E-state index in [0.717, 1.165) is 25.1 Å². The average molecular weight is 313 g/mol. The lowest BCUT2D eigenvalue weighted by Gasteiger charge is -2.16. The predicted octanol–water partition coefficient (Wildman–Crippen LogP) is 2.93. The maximum Gasteiger partial charge on any atom is 0.179 e. The molecular weight excluding hydrogens is 288 g/mol. The summed E-state index contributed by atoms with van der Waals surface area (Å²) in [7, 11) is 3.55. The highest BCUT2D eigenvalue weighted by Crippen LogP contribution is 2.36. The van der Waals surface area contributed by atoms with Crippen molar-refractivity contribution in [1.29, 1.82) is 0 Å². The third kappa shape index (κ3) is 4.77. The number of benzene rings is 1. The Hall–Kier alpha value is -0.970. The van der Waals surface area contributed by atoms with Gasteiger partial charge in [0, 0.05) is 13.1 Å². The first-order valence-corrected chi connectivity index (χ1v) is 7.98. The van der Waals surface area contributed by atoms with Gasteiger partial charge < -0.3 is 19.7 Å². The Balaban J connectivity index is 1.88. The topological polar surface area (TPSA) is 33.7 Å². The lowest BCUT2D eigenvalue weighted by Crippen LogP contribution is -2.22. The van der Waals surface area contributed by atoms with Crippen molar-refractivity contribution in [3.05, 3.63) is 22.7 Å². The Labute approximate surface area is 132 Å². The fraction of sp³-hybridized carbons (Fsp3) is 0.625. The molecule has 1 aromatic rings. The van der Waals surface area contributed by atoms with Gasteiger partial charge in [0.25, 0.3) is 0 Å². The maximum absolute atomic E-state index is 6.31. The number of halogens is 1. The molecule has 1 heterocycles. The summed E-state index contributed by atoms with van der Waals surface area (Å²) in [5.41, 5.74) is 1.09. The highest BCUT2D eigenvalue weighted by molar-refractivity contribution is 6.32. The van der Waals surface area contributed by atoms with Gasteiger partial charge in [-0.1, -0.05) is 11.6 Å². The summed E-state index contributed by atoms with van der Waals surface area (Å²) in [6.07, 6.45) is 3.67. The number of ether oxygens (including phenoxy) is 2. The van der Waals surface area contributed by atoms with Crippen LogP contribution in [-0.2, 0) is 6.54 Å². The van der Waals surface area contributed by atoms with Crippen LogP contribution in [0.15, 0.2) is 12.1 Å². The van der Waals surface area contributed by atoms with Crippen LogP contribution < -0.4 is 14.8 Å². The van der Waals surface area contributed by atoms with Crippen molar-refractivity contribution in [1.82, 2.24) is 10.2 Å². The lowest BCUT2D eigenvalue weighted by molar-refractivity contribution is 0.254. The minimum Gasteiger partial charge on any atom is -0.493 e. The number of likely N-dealkylation sites (tertiary alicyclic amines) is 1. The standard InChI is InChI=1S/C16H25ClN2O2/c1-18-12-13-10-14(17)16(15(11-13)20-2)21-9-5-8-19-6-3-4-7-19/h10-11,18H,3-9,12H2,1-2H3. The number of nitrogens with one attached hydrogen (secondary N) is 1. The zero-order chi connectivity index (χ0) is 15.1. The van der Waals surface area contributed by atoms with Crippen molar-refractivity contribution in [2.45, 2.75) is 25.8 Å². The summed E-state index contributed by atoms with van der Waals surface area (Å²) in [6, 6.07) is 3.90. The average Bonchev–Trinajstić information content (AvgIpc) is 2.98. The number of methoxy groups -OCH3 is 1. The van der Waals surface area contributed by atoms with Crippen LogP contribution >= 0.6 is 11.6 Å². The molecule has 4 nitrogen and oxygen atoms in total. The van der Waals surface area contributed by atoms with E-state index < -0.39 is 0 Å². The molecule has 0 aromatic heterocycles. The summed E-state index contributed by atoms with van der Waals surface area (Å²) in [4.78, 5) is 2.48. The zero-order valence-electron chi connectivity index (χ0n) is 13.0. The number of hydrogen-bond donors (Lipinski definition) is 1. The Kier molecular flexibility index (Phi) is 6.61. The van der Waals surface area contributed by atoms with Crippen LogP contribution in [0.2, 0.25) is 5.02 Å². The van der Waals surface area contributed by atoms with Gasteiger partial charge in [-0.05, 0) is 57.1 Å². The van der Waals surface area contributed by atoms with E-state index in [9.17, 15) is 0 Å². The second-order valence-corrected chi connectivity index (χ2v) is 5.80. The van der Waals surface area contributed by atoms with Crippen molar-refractivity contribution in [3.8, 4) is 11.5 Å². The van der Waals surface area contributed by atoms with E-state index in [2.05, 4.69) is 10.2 Å². The Bertz CT molecular complexity index is 448. The minimum absolute atomic E-state index is 0.612. The molecule has 0 bridgehead atoms. The van der Waals surface area contributed by atoms with E-state index >= 15 is 0 Å². The third-order valence-corrected chi connectivity index (χ3v) is 4.01. The van der Waals surface area contributed by atoms with Crippen molar-refractivity contribution >= 4 is 11.6 Å². The molecule has 0 saturated carbocycles. The normalized spacial score (nSPS) is 15.4. The van der Waals surface area contributed by atoms with Crippen molar-refractivity contribution < 1.29 is 9.47 Å². The predicted molar refractivity (Wildman–Crippen MR) is 86.6 cm³/mol. The highest BCUT2D eigenvalue weighted by Gasteiger charge is 2.13. The molecule has 1 aliphatic rings. The first kappa shape index (κ1) is 16.4. The van der Waals surface area contributed by atoms with E-state index in [1.54, 1.807) is 7.11 Å². The Morgan fingerprint density at radius 1 is 1.29 bits per heavy atom. The van der Waals surface area contributed by atoms with Crippen LogP contribution in [0.3, 0.4) is 0 Å². The molecule has 0 amide bonds. The minimum atomic E-state index is 0.612. The molecule has 1 N–H and O–H groups in total. The fourth-order valence-corrected chi connectivity index (χ4v) is 2.98. The first-order chi connectivity index (χ1) is 10.2. The maximum atomic E-state index is 6.31. The first-order valence-electron chi connectivity index (χ1n) is 7.60. The van der Waals surface area contributed by atoms with Gasteiger partial charge in [0.1, 0.15) is 0 Å². The lowest BCUT2D eigenvalue weighted by atomic mass is 10.2. The van der Waals surface area contributed by atoms with Crippen molar-refractivity contribution in [2.75, 3.05) is 40.4 Å². The molecule has 0 aliphatic carbocycles. The second-order valence-electron chi connectivity index (χ2n) is 5.39. The van der Waals surface area contributed by atoms with E-state index in [-0.39, 0.29) is 0 Å². The number of nitrogens with zero attached hydrogens (tertiary/aromatic N) is 1. The van der Waals surface area contributed by atoms with E-state index in [4.69, 9.17) is 21.1 Å². The van der Waals surface area contributed by atoms with Gasteiger partial charge in [-0.25, -0.2) is 0 Å². The fourth-order valence-electron chi connectivity index (χ4n) is 2.69. The van der Waals surface area contributed by atoms with Crippen molar-refractivity contribution in [3.63, 3.8) is 0 Å². The molecule has 0 unspecified atom stereocenters. The number of rotatable bonds is 8. The molecule has 1 saturated heterocycles. The third-order valence-electron chi connectivity index (χ3n) is 3.73. The molecule has 2 rings (SSSR count). The van der Waals surface area contributed by atoms with Crippen LogP contribution in [0, 0.1) is 0 Å². The van der Waals surface area contributed by atoms with Crippen molar-refractivity contribution in [2.24, 2.45) is 0 Å². The molecule has 0 atom stereocenters. The van der Waals surface area contributed by atoms with Crippen LogP contribution in [0.25, 0.3) is 0 Å². The van der Waals surface area contributed by atoms with Gasteiger partial charge in [-0.15, -0.1) is 0 Å². The smallest absolute Gasteiger partial charge is 0.179 e. The zero-order valence-corrected chi connectivity index (χ0v) is 13.7. The SMILES string of the molecule is CNCc1cc(Cl)c(OCCCN2CCCC2)c(OC)c1. The highest BCUT2D eigenvalue weighted by atomic mass is 35.5. The van der Waals surface area contributed by atoms with E-state index in [0.29, 0.717) is 23.1 Å². The van der Waals surface area contributed by atoms with Crippen LogP contribution in [0.1, 0.15) is 24.8 Å².